The molecule has 1 aromatic rings. The second-order valence-corrected chi connectivity index (χ2v) is 4.48. The molecule has 3 heteroatoms. The van der Waals surface area contributed by atoms with Gasteiger partial charge >= 0.3 is 5.97 Å². The van der Waals surface area contributed by atoms with Crippen LogP contribution in [0.25, 0.3) is 0 Å². The summed E-state index contributed by atoms with van der Waals surface area (Å²) in [7, 11) is 0. The predicted molar refractivity (Wildman–Crippen MR) is 67.4 cm³/mol. The molecule has 0 aliphatic heterocycles. The Bertz CT molecular complexity index is 385. The van der Waals surface area contributed by atoms with Crippen LogP contribution in [0.5, 0.6) is 5.75 Å². The second-order valence-electron chi connectivity index (χ2n) is 4.48. The van der Waals surface area contributed by atoms with Crippen molar-refractivity contribution in [3.63, 3.8) is 0 Å². The van der Waals surface area contributed by atoms with E-state index in [0.29, 0.717) is 13.0 Å². The smallest absolute Gasteiger partial charge is 0.306 e. The van der Waals surface area contributed by atoms with Crippen LogP contribution in [0.4, 0.5) is 0 Å². The summed E-state index contributed by atoms with van der Waals surface area (Å²) in [5.41, 5.74) is 2.46. The van der Waals surface area contributed by atoms with Gasteiger partial charge in [-0.15, -0.1) is 0 Å². The molecule has 1 atom stereocenters. The van der Waals surface area contributed by atoms with Crippen molar-refractivity contribution < 1.29 is 14.6 Å². The molecule has 0 spiro atoms. The minimum Gasteiger partial charge on any atom is -0.494 e. The van der Waals surface area contributed by atoms with Crippen LogP contribution in [0.1, 0.15) is 30.9 Å². The van der Waals surface area contributed by atoms with E-state index in [2.05, 4.69) is 13.8 Å². The maximum Gasteiger partial charge on any atom is 0.306 e. The summed E-state index contributed by atoms with van der Waals surface area (Å²) in [4.78, 5) is 10.6. The zero-order chi connectivity index (χ0) is 12.8. The van der Waals surface area contributed by atoms with Gasteiger partial charge in [0.2, 0.25) is 0 Å². The van der Waals surface area contributed by atoms with Crippen LogP contribution < -0.4 is 4.74 Å². The highest BCUT2D eigenvalue weighted by molar-refractivity contribution is 5.69. The topological polar surface area (TPSA) is 46.5 Å². The maximum absolute atomic E-state index is 10.6. The molecule has 0 bridgehead atoms. The Hall–Kier alpha value is -1.51. The van der Waals surface area contributed by atoms with Gasteiger partial charge in [-0.05, 0) is 49.9 Å². The molecule has 0 aromatic heterocycles. The molecule has 1 rings (SSSR count). The average molecular weight is 236 g/mol. The van der Waals surface area contributed by atoms with Crippen LogP contribution >= 0.6 is 0 Å². The van der Waals surface area contributed by atoms with Crippen LogP contribution in [0.2, 0.25) is 0 Å². The molecule has 1 aromatic carbocycles. The summed E-state index contributed by atoms with van der Waals surface area (Å²) in [6, 6.07) is 5.99. The number of hydrogen-bond acceptors (Lipinski definition) is 2. The normalized spacial score (nSPS) is 12.2. The first-order valence-corrected chi connectivity index (χ1v) is 5.93. The van der Waals surface area contributed by atoms with Gasteiger partial charge in [-0.1, -0.05) is 13.0 Å². The first-order chi connectivity index (χ1) is 8.00. The minimum atomic E-state index is -0.740. The Morgan fingerprint density at radius 3 is 2.65 bits per heavy atom. The van der Waals surface area contributed by atoms with Crippen LogP contribution in [-0.2, 0) is 4.79 Å². The van der Waals surface area contributed by atoms with Crippen molar-refractivity contribution in [2.24, 2.45) is 5.92 Å². The summed E-state index contributed by atoms with van der Waals surface area (Å²) in [5, 5.41) is 8.72. The van der Waals surface area contributed by atoms with Crippen molar-refractivity contribution in [1.82, 2.24) is 0 Å². The minimum absolute atomic E-state index is 0.293. The molecular weight excluding hydrogens is 216 g/mol. The molecule has 0 saturated heterocycles. The standard InChI is InChI=1S/C14H20O3/c1-10-6-7-13(9-12(10)3)17-8-4-5-11(2)14(15)16/h6-7,9,11H,4-5,8H2,1-3H3,(H,15,16). The lowest BCUT2D eigenvalue weighted by atomic mass is 10.1. The van der Waals surface area contributed by atoms with Crippen LogP contribution in [-0.4, -0.2) is 17.7 Å². The Labute approximate surface area is 102 Å². The second kappa shape index (κ2) is 6.28. The highest BCUT2D eigenvalue weighted by atomic mass is 16.5. The van der Waals surface area contributed by atoms with Crippen molar-refractivity contribution in [2.75, 3.05) is 6.61 Å². The summed E-state index contributed by atoms with van der Waals surface area (Å²) in [6.45, 7) is 6.40. The number of carboxylic acid groups (broad SMARTS) is 1. The van der Waals surface area contributed by atoms with Gasteiger partial charge in [-0.3, -0.25) is 4.79 Å². The van der Waals surface area contributed by atoms with Crippen LogP contribution in [0.15, 0.2) is 18.2 Å². The van der Waals surface area contributed by atoms with Gasteiger partial charge in [0.25, 0.3) is 0 Å². The summed E-state index contributed by atoms with van der Waals surface area (Å²) in [6.07, 6.45) is 1.42. The van der Waals surface area contributed by atoms with Crippen molar-refractivity contribution in [1.29, 1.82) is 0 Å². The zero-order valence-electron chi connectivity index (χ0n) is 10.7. The van der Waals surface area contributed by atoms with Gasteiger partial charge in [-0.25, -0.2) is 0 Å². The molecule has 0 aliphatic carbocycles. The van der Waals surface area contributed by atoms with E-state index in [9.17, 15) is 4.79 Å². The molecule has 0 heterocycles. The van der Waals surface area contributed by atoms with E-state index in [0.717, 1.165) is 12.2 Å². The van der Waals surface area contributed by atoms with Gasteiger partial charge < -0.3 is 9.84 Å². The third-order valence-electron chi connectivity index (χ3n) is 2.95. The fraction of sp³-hybridized carbons (Fsp3) is 0.500. The lowest BCUT2D eigenvalue weighted by molar-refractivity contribution is -0.141. The summed E-state index contributed by atoms with van der Waals surface area (Å²) >= 11 is 0. The number of rotatable bonds is 6. The van der Waals surface area contributed by atoms with Gasteiger partial charge in [0.05, 0.1) is 12.5 Å². The Kier molecular flexibility index (Phi) is 5.01. The average Bonchev–Trinajstić information content (AvgIpc) is 2.28. The first-order valence-electron chi connectivity index (χ1n) is 5.93. The van der Waals surface area contributed by atoms with Gasteiger partial charge in [0, 0.05) is 0 Å². The fourth-order valence-corrected chi connectivity index (χ4v) is 1.51. The number of carbonyl (C=O) groups is 1. The van der Waals surface area contributed by atoms with E-state index in [1.165, 1.54) is 11.1 Å². The molecule has 94 valence electrons. The number of benzene rings is 1. The third kappa shape index (κ3) is 4.47. The Morgan fingerprint density at radius 2 is 2.06 bits per heavy atom. The number of carboxylic acids is 1. The maximum atomic E-state index is 10.6. The lowest BCUT2D eigenvalue weighted by Gasteiger charge is -2.09. The summed E-state index contributed by atoms with van der Waals surface area (Å²) < 4.78 is 5.58. The molecule has 0 radical (unpaired) electrons. The molecule has 17 heavy (non-hydrogen) atoms. The van der Waals surface area contributed by atoms with Crippen molar-refractivity contribution in [3.05, 3.63) is 29.3 Å². The van der Waals surface area contributed by atoms with Crippen molar-refractivity contribution in [2.45, 2.75) is 33.6 Å². The molecule has 3 nitrogen and oxygen atoms in total. The SMILES string of the molecule is Cc1ccc(OCCCC(C)C(=O)O)cc1C. The highest BCUT2D eigenvalue weighted by Gasteiger charge is 2.09. The van der Waals surface area contributed by atoms with E-state index in [1.54, 1.807) is 6.92 Å². The van der Waals surface area contributed by atoms with E-state index in [-0.39, 0.29) is 5.92 Å². The Morgan fingerprint density at radius 1 is 1.35 bits per heavy atom. The number of hydrogen-bond donors (Lipinski definition) is 1. The molecule has 0 saturated carbocycles. The molecule has 0 aliphatic rings. The fourth-order valence-electron chi connectivity index (χ4n) is 1.51. The zero-order valence-corrected chi connectivity index (χ0v) is 10.7. The molecule has 1 N–H and O–H groups in total. The van der Waals surface area contributed by atoms with E-state index >= 15 is 0 Å². The van der Waals surface area contributed by atoms with Gasteiger partial charge in [0.1, 0.15) is 5.75 Å². The van der Waals surface area contributed by atoms with Crippen LogP contribution in [0.3, 0.4) is 0 Å². The predicted octanol–water partition coefficient (Wildman–Crippen LogP) is 3.18. The van der Waals surface area contributed by atoms with Gasteiger partial charge in [0.15, 0.2) is 0 Å². The number of aliphatic carboxylic acids is 1. The largest absolute Gasteiger partial charge is 0.494 e. The quantitative estimate of drug-likeness (QED) is 0.772. The summed E-state index contributed by atoms with van der Waals surface area (Å²) in [5.74, 6) is -0.175. The monoisotopic (exact) mass is 236 g/mol. The molecule has 0 fully saturated rings. The van der Waals surface area contributed by atoms with E-state index in [4.69, 9.17) is 9.84 Å². The number of aryl methyl sites for hydroxylation is 2. The van der Waals surface area contributed by atoms with Crippen LogP contribution in [0, 0.1) is 19.8 Å². The third-order valence-corrected chi connectivity index (χ3v) is 2.95. The van der Waals surface area contributed by atoms with Crippen molar-refractivity contribution in [3.8, 4) is 5.75 Å². The Balaban J connectivity index is 2.31. The van der Waals surface area contributed by atoms with E-state index < -0.39 is 5.97 Å². The molecular formula is C14H20O3. The highest BCUT2D eigenvalue weighted by Crippen LogP contribution is 2.17. The van der Waals surface area contributed by atoms with Gasteiger partial charge in [-0.2, -0.15) is 0 Å². The lowest BCUT2D eigenvalue weighted by Crippen LogP contribution is -2.10. The van der Waals surface area contributed by atoms with Crippen molar-refractivity contribution >= 4 is 5.97 Å². The van der Waals surface area contributed by atoms with E-state index in [1.807, 2.05) is 18.2 Å². The molecule has 0 amide bonds. The number of ether oxygens (including phenoxy) is 1. The molecule has 1 unspecified atom stereocenters. The first kappa shape index (κ1) is 13.6.